The Morgan fingerprint density at radius 3 is 3.13 bits per heavy atom. The summed E-state index contributed by atoms with van der Waals surface area (Å²) in [6.45, 7) is 2.07. The lowest BCUT2D eigenvalue weighted by Gasteiger charge is -1.98. The van der Waals surface area contributed by atoms with Crippen molar-refractivity contribution in [2.24, 2.45) is 5.10 Å². The number of hydrogen-bond donors (Lipinski definition) is 1. The zero-order valence-corrected chi connectivity index (χ0v) is 9.82. The van der Waals surface area contributed by atoms with Crippen LogP contribution in [0.1, 0.15) is 12.5 Å². The van der Waals surface area contributed by atoms with Crippen molar-refractivity contribution in [3.63, 3.8) is 0 Å². The Morgan fingerprint density at radius 1 is 1.67 bits per heavy atom. The average molecular weight is 271 g/mol. The molecule has 0 bridgehead atoms. The summed E-state index contributed by atoms with van der Waals surface area (Å²) in [5.74, 6) is 0. The smallest absolute Gasteiger partial charge is 0.427 e. The molecule has 0 aromatic heterocycles. The second-order valence-electron chi connectivity index (χ2n) is 2.65. The first kappa shape index (κ1) is 11.7. The number of rotatable bonds is 3. The van der Waals surface area contributed by atoms with E-state index in [-0.39, 0.29) is 0 Å². The number of hydrogen-bond acceptors (Lipinski definition) is 3. The topological polar surface area (TPSA) is 50.7 Å². The zero-order chi connectivity index (χ0) is 11.1. The van der Waals surface area contributed by atoms with Crippen molar-refractivity contribution in [3.8, 4) is 0 Å². The first-order valence-electron chi connectivity index (χ1n) is 4.43. The molecule has 0 heterocycles. The van der Waals surface area contributed by atoms with E-state index in [0.717, 1.165) is 10.0 Å². The van der Waals surface area contributed by atoms with Crippen molar-refractivity contribution < 1.29 is 9.53 Å². The second-order valence-corrected chi connectivity index (χ2v) is 3.56. The molecule has 0 unspecified atom stereocenters. The molecular formula is C10H11BrN2O2. The van der Waals surface area contributed by atoms with Crippen LogP contribution < -0.4 is 5.43 Å². The van der Waals surface area contributed by atoms with Gasteiger partial charge in [0.15, 0.2) is 0 Å². The largest absolute Gasteiger partial charge is 0.449 e. The Hall–Kier alpha value is -1.36. The maximum atomic E-state index is 10.8. The van der Waals surface area contributed by atoms with Crippen LogP contribution >= 0.6 is 15.9 Å². The molecule has 1 amide bonds. The number of nitrogens with one attached hydrogen (secondary N) is 1. The number of carbonyl (C=O) groups is 1. The number of hydrazone groups is 1. The molecule has 0 radical (unpaired) electrons. The molecule has 1 aromatic carbocycles. The summed E-state index contributed by atoms with van der Waals surface area (Å²) >= 11 is 3.33. The molecule has 4 nitrogen and oxygen atoms in total. The molecule has 5 heteroatoms. The van der Waals surface area contributed by atoms with Gasteiger partial charge in [0.05, 0.1) is 12.8 Å². The Kier molecular flexibility index (Phi) is 4.83. The maximum absolute atomic E-state index is 10.8. The van der Waals surface area contributed by atoms with E-state index in [2.05, 4.69) is 31.2 Å². The zero-order valence-electron chi connectivity index (χ0n) is 8.24. The van der Waals surface area contributed by atoms with Crippen molar-refractivity contribution in [1.29, 1.82) is 0 Å². The van der Waals surface area contributed by atoms with Gasteiger partial charge in [0.2, 0.25) is 0 Å². The number of amides is 1. The second kappa shape index (κ2) is 6.19. The number of benzene rings is 1. The molecule has 15 heavy (non-hydrogen) atoms. The number of ether oxygens (including phenoxy) is 1. The highest BCUT2D eigenvalue weighted by Gasteiger charge is 1.95. The van der Waals surface area contributed by atoms with Crippen molar-refractivity contribution in [3.05, 3.63) is 34.3 Å². The third kappa shape index (κ3) is 4.60. The van der Waals surface area contributed by atoms with Crippen LogP contribution in [0, 0.1) is 0 Å². The van der Waals surface area contributed by atoms with Gasteiger partial charge in [0, 0.05) is 4.47 Å². The number of halogens is 1. The first-order valence-corrected chi connectivity index (χ1v) is 5.23. The van der Waals surface area contributed by atoms with Crippen LogP contribution in [-0.4, -0.2) is 18.9 Å². The highest BCUT2D eigenvalue weighted by molar-refractivity contribution is 9.10. The minimum atomic E-state index is -0.552. The van der Waals surface area contributed by atoms with Crippen LogP contribution in [0.15, 0.2) is 33.8 Å². The van der Waals surface area contributed by atoms with E-state index in [1.54, 1.807) is 13.1 Å². The van der Waals surface area contributed by atoms with Crippen molar-refractivity contribution in [2.45, 2.75) is 6.92 Å². The predicted molar refractivity (Wildman–Crippen MR) is 61.9 cm³/mol. The van der Waals surface area contributed by atoms with Crippen LogP contribution in [0.25, 0.3) is 0 Å². The van der Waals surface area contributed by atoms with Gasteiger partial charge in [-0.15, -0.1) is 0 Å². The van der Waals surface area contributed by atoms with Crippen LogP contribution in [0.3, 0.4) is 0 Å². The lowest BCUT2D eigenvalue weighted by atomic mass is 10.2. The maximum Gasteiger partial charge on any atom is 0.427 e. The van der Waals surface area contributed by atoms with E-state index < -0.39 is 6.09 Å². The molecule has 0 aliphatic heterocycles. The van der Waals surface area contributed by atoms with Gasteiger partial charge in [0.25, 0.3) is 0 Å². The highest BCUT2D eigenvalue weighted by atomic mass is 79.9. The fourth-order valence-electron chi connectivity index (χ4n) is 0.910. The Labute approximate surface area is 96.4 Å². The molecule has 0 saturated carbocycles. The van der Waals surface area contributed by atoms with E-state index >= 15 is 0 Å². The summed E-state index contributed by atoms with van der Waals surface area (Å²) in [4.78, 5) is 10.8. The molecule has 1 N–H and O–H groups in total. The van der Waals surface area contributed by atoms with Crippen LogP contribution in [0.5, 0.6) is 0 Å². The van der Waals surface area contributed by atoms with E-state index in [4.69, 9.17) is 0 Å². The average Bonchev–Trinajstić information content (AvgIpc) is 2.18. The summed E-state index contributed by atoms with van der Waals surface area (Å²) in [7, 11) is 0. The van der Waals surface area contributed by atoms with E-state index in [1.807, 2.05) is 24.3 Å². The van der Waals surface area contributed by atoms with Gasteiger partial charge in [0.1, 0.15) is 0 Å². The SMILES string of the molecule is CCOC(=O)N/N=C\c1cccc(Br)c1. The summed E-state index contributed by atoms with van der Waals surface area (Å²) in [5.41, 5.74) is 3.13. The highest BCUT2D eigenvalue weighted by Crippen LogP contribution is 2.09. The lowest BCUT2D eigenvalue weighted by Crippen LogP contribution is -2.18. The lowest BCUT2D eigenvalue weighted by molar-refractivity contribution is 0.152. The van der Waals surface area contributed by atoms with Crippen LogP contribution in [0.4, 0.5) is 4.79 Å². The Bertz CT molecular complexity index is 366. The fraction of sp³-hybridized carbons (Fsp3) is 0.200. The first-order chi connectivity index (χ1) is 7.22. The summed E-state index contributed by atoms with van der Waals surface area (Å²) in [5, 5.41) is 3.73. The van der Waals surface area contributed by atoms with Gasteiger partial charge in [-0.3, -0.25) is 0 Å². The summed E-state index contributed by atoms with van der Waals surface area (Å²) in [6, 6.07) is 7.56. The fourth-order valence-corrected chi connectivity index (χ4v) is 1.33. The van der Waals surface area contributed by atoms with Gasteiger partial charge >= 0.3 is 6.09 Å². The van der Waals surface area contributed by atoms with Gasteiger partial charge in [-0.25, -0.2) is 10.2 Å². The minimum absolute atomic E-state index is 0.332. The van der Waals surface area contributed by atoms with Crippen LogP contribution in [-0.2, 0) is 4.74 Å². The Balaban J connectivity index is 2.48. The molecule has 0 fully saturated rings. The van der Waals surface area contributed by atoms with Gasteiger partial charge in [-0.05, 0) is 24.6 Å². The van der Waals surface area contributed by atoms with Gasteiger partial charge < -0.3 is 4.74 Å². The molecule has 1 aromatic rings. The molecule has 0 spiro atoms. The summed E-state index contributed by atoms with van der Waals surface area (Å²) in [6.07, 6.45) is 0.991. The van der Waals surface area contributed by atoms with Crippen molar-refractivity contribution in [2.75, 3.05) is 6.61 Å². The predicted octanol–water partition coefficient (Wildman–Crippen LogP) is 2.53. The molecule has 1 rings (SSSR count). The van der Waals surface area contributed by atoms with E-state index in [1.165, 1.54) is 0 Å². The van der Waals surface area contributed by atoms with E-state index in [0.29, 0.717) is 6.61 Å². The third-order valence-corrected chi connectivity index (χ3v) is 1.99. The molecule has 0 aliphatic rings. The molecule has 0 atom stereocenters. The monoisotopic (exact) mass is 270 g/mol. The normalized spacial score (nSPS) is 10.3. The van der Waals surface area contributed by atoms with Crippen molar-refractivity contribution >= 4 is 28.2 Å². The quantitative estimate of drug-likeness (QED) is 0.678. The number of carbonyl (C=O) groups excluding carboxylic acids is 1. The third-order valence-electron chi connectivity index (χ3n) is 1.49. The van der Waals surface area contributed by atoms with Gasteiger partial charge in [-0.2, -0.15) is 5.10 Å². The van der Waals surface area contributed by atoms with Crippen molar-refractivity contribution in [1.82, 2.24) is 5.43 Å². The standard InChI is InChI=1S/C10H11BrN2O2/c1-2-15-10(14)13-12-7-8-4-3-5-9(11)6-8/h3-7H,2H2,1H3,(H,13,14)/b12-7-. The molecule has 0 saturated heterocycles. The summed E-state index contributed by atoms with van der Waals surface area (Å²) < 4.78 is 5.59. The molecule has 80 valence electrons. The molecule has 0 aliphatic carbocycles. The van der Waals surface area contributed by atoms with Gasteiger partial charge in [-0.1, -0.05) is 28.1 Å². The number of nitrogens with zero attached hydrogens (tertiary/aromatic N) is 1. The Morgan fingerprint density at radius 2 is 2.47 bits per heavy atom. The van der Waals surface area contributed by atoms with E-state index in [9.17, 15) is 4.79 Å². The molecular weight excluding hydrogens is 260 g/mol. The minimum Gasteiger partial charge on any atom is -0.449 e. The van der Waals surface area contributed by atoms with Crippen LogP contribution in [0.2, 0.25) is 0 Å².